The van der Waals surface area contributed by atoms with Crippen molar-refractivity contribution >= 4 is 40.7 Å². The van der Waals surface area contributed by atoms with Gasteiger partial charge in [-0.1, -0.05) is 23.2 Å². The molecule has 6 heteroatoms. The third kappa shape index (κ3) is 3.01. The molecule has 1 N–H and O–H groups in total. The van der Waals surface area contributed by atoms with Gasteiger partial charge in [-0.15, -0.1) is 0 Å². The fraction of sp³-hybridized carbons (Fsp3) is 0.467. The molecule has 0 radical (unpaired) electrons. The number of nitrogens with one attached hydrogen (secondary N) is 1. The molecule has 2 fully saturated rings. The minimum absolute atomic E-state index is 0.0852. The molecule has 4 nitrogen and oxygen atoms in total. The summed E-state index contributed by atoms with van der Waals surface area (Å²) in [5, 5.41) is 3.70. The molecule has 1 aliphatic heterocycles. The van der Waals surface area contributed by atoms with E-state index < -0.39 is 0 Å². The molecule has 1 saturated heterocycles. The van der Waals surface area contributed by atoms with E-state index in [1.54, 1.807) is 18.2 Å². The SMILES string of the molecule is O=C(Nc1ccc(Cl)cc1Cl)C1CC(=O)N(C2CCC2)C1. The second-order valence-corrected chi connectivity index (χ2v) is 6.49. The smallest absolute Gasteiger partial charge is 0.229 e. The number of halogens is 2. The van der Waals surface area contributed by atoms with E-state index in [0.29, 0.717) is 28.3 Å². The Balaban J connectivity index is 1.64. The van der Waals surface area contributed by atoms with Crippen molar-refractivity contribution in [1.29, 1.82) is 0 Å². The van der Waals surface area contributed by atoms with E-state index in [1.807, 2.05) is 4.90 Å². The minimum atomic E-state index is -0.301. The quantitative estimate of drug-likeness (QED) is 0.926. The molecule has 1 atom stereocenters. The van der Waals surface area contributed by atoms with E-state index in [-0.39, 0.29) is 24.2 Å². The number of carbonyl (C=O) groups excluding carboxylic acids is 2. The zero-order chi connectivity index (χ0) is 15.0. The number of carbonyl (C=O) groups is 2. The van der Waals surface area contributed by atoms with E-state index in [0.717, 1.165) is 12.8 Å². The molecule has 2 aliphatic rings. The van der Waals surface area contributed by atoms with Gasteiger partial charge in [-0.3, -0.25) is 9.59 Å². The van der Waals surface area contributed by atoms with Crippen molar-refractivity contribution in [3.05, 3.63) is 28.2 Å². The highest BCUT2D eigenvalue weighted by Gasteiger charge is 2.39. The zero-order valence-electron chi connectivity index (χ0n) is 11.4. The summed E-state index contributed by atoms with van der Waals surface area (Å²) in [5.74, 6) is -0.374. The van der Waals surface area contributed by atoms with Gasteiger partial charge in [0.15, 0.2) is 0 Å². The van der Waals surface area contributed by atoms with E-state index in [9.17, 15) is 9.59 Å². The van der Waals surface area contributed by atoms with Gasteiger partial charge in [0.05, 0.1) is 16.6 Å². The molecule has 3 rings (SSSR count). The Morgan fingerprint density at radius 1 is 1.29 bits per heavy atom. The number of nitrogens with zero attached hydrogens (tertiary/aromatic N) is 1. The molecule has 1 saturated carbocycles. The van der Waals surface area contributed by atoms with Crippen molar-refractivity contribution in [2.24, 2.45) is 5.92 Å². The van der Waals surface area contributed by atoms with E-state index >= 15 is 0 Å². The minimum Gasteiger partial charge on any atom is -0.339 e. The number of amides is 2. The molecular formula is C15H16Cl2N2O2. The lowest BCUT2D eigenvalue weighted by Crippen LogP contribution is -2.41. The highest BCUT2D eigenvalue weighted by Crippen LogP contribution is 2.32. The summed E-state index contributed by atoms with van der Waals surface area (Å²) in [5.41, 5.74) is 0.528. The van der Waals surface area contributed by atoms with Crippen LogP contribution in [-0.2, 0) is 9.59 Å². The zero-order valence-corrected chi connectivity index (χ0v) is 13.0. The summed E-state index contributed by atoms with van der Waals surface area (Å²) in [6.45, 7) is 0.514. The van der Waals surface area contributed by atoms with Gasteiger partial charge in [0.25, 0.3) is 0 Å². The van der Waals surface area contributed by atoms with Crippen molar-refractivity contribution in [1.82, 2.24) is 4.90 Å². The summed E-state index contributed by atoms with van der Waals surface area (Å²) >= 11 is 11.9. The summed E-state index contributed by atoms with van der Waals surface area (Å²) in [6.07, 6.45) is 3.57. The average molecular weight is 327 g/mol. The van der Waals surface area contributed by atoms with Gasteiger partial charge in [-0.25, -0.2) is 0 Å². The Hall–Kier alpha value is -1.26. The lowest BCUT2D eigenvalue weighted by molar-refractivity contribution is -0.131. The number of likely N-dealkylation sites (tertiary alicyclic amines) is 1. The van der Waals surface area contributed by atoms with Gasteiger partial charge >= 0.3 is 0 Å². The van der Waals surface area contributed by atoms with Crippen molar-refractivity contribution < 1.29 is 9.59 Å². The van der Waals surface area contributed by atoms with Crippen LogP contribution in [0, 0.1) is 5.92 Å². The van der Waals surface area contributed by atoms with Crippen molar-refractivity contribution in [3.8, 4) is 0 Å². The van der Waals surface area contributed by atoms with Gasteiger partial charge in [0.1, 0.15) is 0 Å². The number of hydrogen-bond acceptors (Lipinski definition) is 2. The van der Waals surface area contributed by atoms with Gasteiger partial charge in [0, 0.05) is 24.0 Å². The molecule has 0 spiro atoms. The molecule has 2 amide bonds. The van der Waals surface area contributed by atoms with Crippen molar-refractivity contribution in [2.75, 3.05) is 11.9 Å². The maximum atomic E-state index is 12.3. The highest BCUT2D eigenvalue weighted by molar-refractivity contribution is 6.36. The second kappa shape index (κ2) is 5.85. The van der Waals surface area contributed by atoms with Crippen LogP contribution < -0.4 is 5.32 Å². The maximum Gasteiger partial charge on any atom is 0.229 e. The molecule has 1 aromatic carbocycles. The van der Waals surface area contributed by atoms with Crippen LogP contribution in [0.4, 0.5) is 5.69 Å². The molecular weight excluding hydrogens is 311 g/mol. The summed E-state index contributed by atoms with van der Waals surface area (Å²) in [7, 11) is 0. The van der Waals surface area contributed by atoms with Gasteiger partial charge < -0.3 is 10.2 Å². The normalized spacial score (nSPS) is 22.3. The third-order valence-electron chi connectivity index (χ3n) is 4.23. The molecule has 1 aliphatic carbocycles. The Morgan fingerprint density at radius 3 is 2.67 bits per heavy atom. The van der Waals surface area contributed by atoms with Crippen LogP contribution in [0.3, 0.4) is 0 Å². The first-order valence-electron chi connectivity index (χ1n) is 7.10. The van der Waals surface area contributed by atoms with Crippen LogP contribution in [0.25, 0.3) is 0 Å². The molecule has 0 bridgehead atoms. The number of rotatable bonds is 3. The summed E-state index contributed by atoms with van der Waals surface area (Å²) in [4.78, 5) is 26.1. The van der Waals surface area contributed by atoms with Crippen LogP contribution in [0.1, 0.15) is 25.7 Å². The topological polar surface area (TPSA) is 49.4 Å². The first-order valence-corrected chi connectivity index (χ1v) is 7.85. The number of hydrogen-bond donors (Lipinski definition) is 1. The van der Waals surface area contributed by atoms with Crippen LogP contribution in [0.15, 0.2) is 18.2 Å². The molecule has 1 unspecified atom stereocenters. The molecule has 21 heavy (non-hydrogen) atoms. The Labute approximate surface area is 133 Å². The molecule has 0 aromatic heterocycles. The highest BCUT2D eigenvalue weighted by atomic mass is 35.5. The first-order chi connectivity index (χ1) is 10.0. The first kappa shape index (κ1) is 14.7. The summed E-state index contributed by atoms with van der Waals surface area (Å²) in [6, 6.07) is 5.26. The number of anilines is 1. The second-order valence-electron chi connectivity index (χ2n) is 5.65. The Morgan fingerprint density at radius 2 is 2.05 bits per heavy atom. The van der Waals surface area contributed by atoms with Crippen LogP contribution in [-0.4, -0.2) is 29.3 Å². The maximum absolute atomic E-state index is 12.3. The Bertz CT molecular complexity index is 587. The van der Waals surface area contributed by atoms with Gasteiger partial charge in [-0.2, -0.15) is 0 Å². The van der Waals surface area contributed by atoms with Crippen LogP contribution in [0.5, 0.6) is 0 Å². The van der Waals surface area contributed by atoms with E-state index in [2.05, 4.69) is 5.32 Å². The van der Waals surface area contributed by atoms with Crippen LogP contribution >= 0.6 is 23.2 Å². The standard InChI is InChI=1S/C15H16Cl2N2O2/c16-10-4-5-13(12(17)7-10)18-15(21)9-6-14(20)19(8-9)11-2-1-3-11/h4-5,7,9,11H,1-3,6,8H2,(H,18,21). The Kier molecular flexibility index (Phi) is 4.09. The predicted octanol–water partition coefficient (Wildman–Crippen LogP) is 3.33. The molecule has 1 aromatic rings. The third-order valence-corrected chi connectivity index (χ3v) is 4.78. The van der Waals surface area contributed by atoms with E-state index in [1.165, 1.54) is 6.42 Å². The molecule has 112 valence electrons. The largest absolute Gasteiger partial charge is 0.339 e. The number of benzene rings is 1. The van der Waals surface area contributed by atoms with Crippen molar-refractivity contribution in [2.45, 2.75) is 31.7 Å². The lowest BCUT2D eigenvalue weighted by atomic mass is 9.92. The van der Waals surface area contributed by atoms with E-state index in [4.69, 9.17) is 23.2 Å². The van der Waals surface area contributed by atoms with Crippen LogP contribution in [0.2, 0.25) is 10.0 Å². The summed E-state index contributed by atoms with van der Waals surface area (Å²) < 4.78 is 0. The fourth-order valence-electron chi connectivity index (χ4n) is 2.78. The lowest BCUT2D eigenvalue weighted by Gasteiger charge is -2.34. The molecule has 1 heterocycles. The monoisotopic (exact) mass is 326 g/mol. The fourth-order valence-corrected chi connectivity index (χ4v) is 3.24. The van der Waals surface area contributed by atoms with Gasteiger partial charge in [0.2, 0.25) is 11.8 Å². The predicted molar refractivity (Wildman–Crippen MR) is 82.6 cm³/mol. The van der Waals surface area contributed by atoms with Gasteiger partial charge in [-0.05, 0) is 37.5 Å². The average Bonchev–Trinajstić information content (AvgIpc) is 2.73. The van der Waals surface area contributed by atoms with Crippen molar-refractivity contribution in [3.63, 3.8) is 0 Å².